The summed E-state index contributed by atoms with van der Waals surface area (Å²) in [6, 6.07) is 12.6. The van der Waals surface area contributed by atoms with Crippen molar-refractivity contribution in [1.82, 2.24) is 0 Å². The third-order valence-electron chi connectivity index (χ3n) is 2.88. The average Bonchev–Trinajstić information content (AvgIpc) is 2.46. The first-order valence-electron chi connectivity index (χ1n) is 6.11. The summed E-state index contributed by atoms with van der Waals surface area (Å²) in [5, 5.41) is 30.0. The molecule has 2 aromatic rings. The molecule has 0 radical (unpaired) electrons. The Labute approximate surface area is 116 Å². The lowest BCUT2D eigenvalue weighted by atomic mass is 10.1. The number of hydrogen-bond donors (Lipinski definition) is 2. The van der Waals surface area contributed by atoms with E-state index in [0.717, 1.165) is 11.3 Å². The number of azo groups is 1. The van der Waals surface area contributed by atoms with Gasteiger partial charge in [0.15, 0.2) is 0 Å². The van der Waals surface area contributed by atoms with Gasteiger partial charge in [0.25, 0.3) is 0 Å². The van der Waals surface area contributed by atoms with Gasteiger partial charge < -0.3 is 10.3 Å². The molecule has 0 fully saturated rings. The zero-order valence-corrected chi connectivity index (χ0v) is 11.3. The molecule has 0 bridgehead atoms. The number of benzene rings is 2. The SMILES string of the molecule is C/C(=N/O)c1cc(N=Nc2ccccc2)c(C)cc1O. The van der Waals surface area contributed by atoms with Gasteiger partial charge in [-0.3, -0.25) is 0 Å². The number of phenols is 1. The maximum absolute atomic E-state index is 9.84. The molecule has 5 heteroatoms. The third kappa shape index (κ3) is 3.00. The molecule has 5 nitrogen and oxygen atoms in total. The summed E-state index contributed by atoms with van der Waals surface area (Å²) in [6.07, 6.45) is 0. The molecule has 0 unspecified atom stereocenters. The lowest BCUT2D eigenvalue weighted by Gasteiger charge is -2.06. The van der Waals surface area contributed by atoms with Gasteiger partial charge in [-0.1, -0.05) is 23.4 Å². The van der Waals surface area contributed by atoms with E-state index in [1.54, 1.807) is 19.1 Å². The summed E-state index contributed by atoms with van der Waals surface area (Å²) in [4.78, 5) is 0. The first kappa shape index (κ1) is 13.7. The monoisotopic (exact) mass is 269 g/mol. The van der Waals surface area contributed by atoms with Crippen LogP contribution in [-0.4, -0.2) is 16.0 Å². The van der Waals surface area contributed by atoms with Crippen molar-refractivity contribution in [3.05, 3.63) is 53.6 Å². The van der Waals surface area contributed by atoms with Crippen molar-refractivity contribution in [2.24, 2.45) is 15.4 Å². The Bertz CT molecular complexity index is 664. The van der Waals surface area contributed by atoms with E-state index in [1.165, 1.54) is 0 Å². The molecule has 2 aromatic carbocycles. The highest BCUT2D eigenvalue weighted by atomic mass is 16.4. The Kier molecular flexibility index (Phi) is 4.10. The molecule has 0 atom stereocenters. The van der Waals surface area contributed by atoms with Crippen LogP contribution in [0.3, 0.4) is 0 Å². The van der Waals surface area contributed by atoms with E-state index >= 15 is 0 Å². The summed E-state index contributed by atoms with van der Waals surface area (Å²) < 4.78 is 0. The average molecular weight is 269 g/mol. The minimum Gasteiger partial charge on any atom is -0.507 e. The van der Waals surface area contributed by atoms with Crippen LogP contribution in [-0.2, 0) is 0 Å². The van der Waals surface area contributed by atoms with Crippen LogP contribution < -0.4 is 0 Å². The number of phenolic OH excluding ortho intramolecular Hbond substituents is 1. The van der Waals surface area contributed by atoms with Gasteiger partial charge in [-0.15, -0.1) is 0 Å². The van der Waals surface area contributed by atoms with Crippen LogP contribution in [0, 0.1) is 6.92 Å². The summed E-state index contributed by atoms with van der Waals surface area (Å²) in [7, 11) is 0. The van der Waals surface area contributed by atoms with Crippen molar-refractivity contribution in [1.29, 1.82) is 0 Å². The quantitative estimate of drug-likeness (QED) is 0.377. The lowest BCUT2D eigenvalue weighted by molar-refractivity contribution is 0.318. The van der Waals surface area contributed by atoms with Gasteiger partial charge in [-0.25, -0.2) is 0 Å². The number of rotatable bonds is 3. The molecule has 0 amide bonds. The second-order valence-corrected chi connectivity index (χ2v) is 4.38. The Morgan fingerprint density at radius 3 is 2.40 bits per heavy atom. The van der Waals surface area contributed by atoms with Crippen LogP contribution in [0.25, 0.3) is 0 Å². The van der Waals surface area contributed by atoms with E-state index in [9.17, 15) is 5.11 Å². The summed E-state index contributed by atoms with van der Waals surface area (Å²) >= 11 is 0. The van der Waals surface area contributed by atoms with E-state index in [-0.39, 0.29) is 5.75 Å². The highest BCUT2D eigenvalue weighted by Crippen LogP contribution is 2.29. The fourth-order valence-corrected chi connectivity index (χ4v) is 1.74. The van der Waals surface area contributed by atoms with E-state index in [2.05, 4.69) is 15.4 Å². The lowest BCUT2D eigenvalue weighted by Crippen LogP contribution is -1.95. The molecule has 0 aliphatic rings. The molecule has 2 rings (SSSR count). The molecule has 0 saturated heterocycles. The highest BCUT2D eigenvalue weighted by Gasteiger charge is 2.09. The number of hydrogen-bond acceptors (Lipinski definition) is 5. The third-order valence-corrected chi connectivity index (χ3v) is 2.88. The largest absolute Gasteiger partial charge is 0.507 e. The minimum atomic E-state index is 0.0523. The van der Waals surface area contributed by atoms with Gasteiger partial charge in [-0.2, -0.15) is 10.2 Å². The fraction of sp³-hybridized carbons (Fsp3) is 0.133. The Hall–Kier alpha value is -2.69. The normalized spacial score (nSPS) is 12.0. The molecule has 102 valence electrons. The van der Waals surface area contributed by atoms with Crippen LogP contribution in [0.15, 0.2) is 57.8 Å². The Balaban J connectivity index is 2.40. The smallest absolute Gasteiger partial charge is 0.125 e. The molecule has 0 aromatic heterocycles. The Morgan fingerprint density at radius 1 is 1.05 bits per heavy atom. The van der Waals surface area contributed by atoms with Crippen molar-refractivity contribution >= 4 is 17.1 Å². The van der Waals surface area contributed by atoms with Gasteiger partial charge in [0.2, 0.25) is 0 Å². The summed E-state index contributed by atoms with van der Waals surface area (Å²) in [5.41, 5.74) is 2.90. The fourth-order valence-electron chi connectivity index (χ4n) is 1.74. The Morgan fingerprint density at radius 2 is 1.75 bits per heavy atom. The van der Waals surface area contributed by atoms with E-state index in [0.29, 0.717) is 17.0 Å². The zero-order valence-electron chi connectivity index (χ0n) is 11.3. The van der Waals surface area contributed by atoms with Gasteiger partial charge in [0, 0.05) is 5.56 Å². The van der Waals surface area contributed by atoms with Crippen LogP contribution in [0.4, 0.5) is 11.4 Å². The molecule has 0 aliphatic heterocycles. The van der Waals surface area contributed by atoms with E-state index < -0.39 is 0 Å². The summed E-state index contributed by atoms with van der Waals surface area (Å²) in [6.45, 7) is 3.43. The van der Waals surface area contributed by atoms with Crippen molar-refractivity contribution < 1.29 is 10.3 Å². The van der Waals surface area contributed by atoms with Crippen molar-refractivity contribution in [3.63, 3.8) is 0 Å². The number of nitrogens with zero attached hydrogens (tertiary/aromatic N) is 3. The maximum Gasteiger partial charge on any atom is 0.125 e. The van der Waals surface area contributed by atoms with Crippen LogP contribution >= 0.6 is 0 Å². The molecule has 0 saturated carbocycles. The maximum atomic E-state index is 9.84. The topological polar surface area (TPSA) is 77.5 Å². The molecular weight excluding hydrogens is 254 g/mol. The molecular formula is C15H15N3O2. The predicted molar refractivity (Wildman–Crippen MR) is 77.5 cm³/mol. The first-order valence-corrected chi connectivity index (χ1v) is 6.11. The first-order chi connectivity index (χ1) is 9.61. The van der Waals surface area contributed by atoms with E-state index in [1.807, 2.05) is 37.3 Å². The number of aryl methyl sites for hydroxylation is 1. The molecule has 0 spiro atoms. The van der Waals surface area contributed by atoms with Crippen molar-refractivity contribution in [2.75, 3.05) is 0 Å². The standard InChI is InChI=1S/C15H15N3O2/c1-10-8-15(19)13(11(2)18-20)9-14(10)17-16-12-6-4-3-5-7-12/h3-9,19-20H,1-2H3/b17-16?,18-11-. The van der Waals surface area contributed by atoms with Crippen LogP contribution in [0.5, 0.6) is 5.75 Å². The van der Waals surface area contributed by atoms with Crippen LogP contribution in [0.2, 0.25) is 0 Å². The van der Waals surface area contributed by atoms with Crippen molar-refractivity contribution in [3.8, 4) is 5.75 Å². The minimum absolute atomic E-state index is 0.0523. The van der Waals surface area contributed by atoms with Gasteiger partial charge in [-0.05, 0) is 43.7 Å². The molecule has 20 heavy (non-hydrogen) atoms. The zero-order chi connectivity index (χ0) is 14.5. The summed E-state index contributed by atoms with van der Waals surface area (Å²) in [5.74, 6) is 0.0523. The number of oxime groups is 1. The second kappa shape index (κ2) is 5.97. The second-order valence-electron chi connectivity index (χ2n) is 4.38. The molecule has 0 heterocycles. The van der Waals surface area contributed by atoms with E-state index in [4.69, 9.17) is 5.21 Å². The van der Waals surface area contributed by atoms with Gasteiger partial charge >= 0.3 is 0 Å². The van der Waals surface area contributed by atoms with Crippen LogP contribution in [0.1, 0.15) is 18.1 Å². The number of aromatic hydroxyl groups is 1. The predicted octanol–water partition coefficient (Wildman–Crippen LogP) is 4.31. The molecule has 0 aliphatic carbocycles. The molecule has 2 N–H and O–H groups in total. The highest BCUT2D eigenvalue weighted by molar-refractivity contribution is 6.01. The van der Waals surface area contributed by atoms with Gasteiger partial charge in [0.05, 0.1) is 17.1 Å². The van der Waals surface area contributed by atoms with Gasteiger partial charge in [0.1, 0.15) is 5.75 Å². The van der Waals surface area contributed by atoms with Crippen molar-refractivity contribution in [2.45, 2.75) is 13.8 Å².